The lowest BCUT2D eigenvalue weighted by molar-refractivity contribution is -0.143. The first-order valence-corrected chi connectivity index (χ1v) is 8.28. The fraction of sp³-hybridized carbons (Fsp3) is 0.286. The van der Waals surface area contributed by atoms with Gasteiger partial charge < -0.3 is 14.3 Å². The highest BCUT2D eigenvalue weighted by atomic mass is 16.5. The molecule has 0 spiro atoms. The van der Waals surface area contributed by atoms with Gasteiger partial charge in [0.15, 0.2) is 0 Å². The summed E-state index contributed by atoms with van der Waals surface area (Å²) < 4.78 is 9.71. The van der Waals surface area contributed by atoms with E-state index in [9.17, 15) is 14.4 Å². The third kappa shape index (κ3) is 4.57. The molecule has 2 aromatic rings. The Hall–Kier alpha value is -2.95. The molecule has 136 valence electrons. The monoisotopic (exact) mass is 354 g/mol. The molecule has 0 aliphatic carbocycles. The Balaban J connectivity index is 2.48. The number of esters is 2. The van der Waals surface area contributed by atoms with Gasteiger partial charge in [-0.15, -0.1) is 0 Å². The first-order valence-electron chi connectivity index (χ1n) is 8.28. The fourth-order valence-electron chi connectivity index (χ4n) is 3.04. The van der Waals surface area contributed by atoms with Crippen molar-refractivity contribution in [3.8, 4) is 0 Å². The maximum absolute atomic E-state index is 12.6. The van der Waals surface area contributed by atoms with Gasteiger partial charge in [-0.1, -0.05) is 42.5 Å². The number of carbonyl (C=O) groups is 3. The van der Waals surface area contributed by atoms with Crippen molar-refractivity contribution < 1.29 is 23.9 Å². The highest BCUT2D eigenvalue weighted by Gasteiger charge is 2.33. The van der Waals surface area contributed by atoms with Crippen LogP contribution in [0.5, 0.6) is 0 Å². The molecule has 0 aliphatic heterocycles. The number of carbonyl (C=O) groups excluding carboxylic acids is 3. The van der Waals surface area contributed by atoms with Gasteiger partial charge in [-0.2, -0.15) is 0 Å². The average molecular weight is 354 g/mol. The van der Waals surface area contributed by atoms with Crippen molar-refractivity contribution in [1.29, 1.82) is 0 Å². The van der Waals surface area contributed by atoms with E-state index in [4.69, 9.17) is 9.47 Å². The summed E-state index contributed by atoms with van der Waals surface area (Å²) in [5, 5.41) is 0. The van der Waals surface area contributed by atoms with Gasteiger partial charge in [0.1, 0.15) is 5.78 Å². The first kappa shape index (κ1) is 19.4. The molecule has 0 N–H and O–H groups in total. The molecule has 2 rings (SSSR count). The van der Waals surface area contributed by atoms with E-state index in [-0.39, 0.29) is 18.1 Å². The van der Waals surface area contributed by atoms with Crippen molar-refractivity contribution in [3.63, 3.8) is 0 Å². The Morgan fingerprint density at radius 1 is 0.846 bits per heavy atom. The van der Waals surface area contributed by atoms with Crippen LogP contribution in [0.15, 0.2) is 54.6 Å². The highest BCUT2D eigenvalue weighted by molar-refractivity contribution is 5.89. The van der Waals surface area contributed by atoms with Gasteiger partial charge in [-0.3, -0.25) is 4.79 Å². The minimum Gasteiger partial charge on any atom is -0.469 e. The molecule has 0 amide bonds. The Morgan fingerprint density at radius 2 is 1.46 bits per heavy atom. The predicted octanol–water partition coefficient (Wildman–Crippen LogP) is 3.49. The number of ether oxygens (including phenoxy) is 2. The highest BCUT2D eigenvalue weighted by Crippen LogP contribution is 2.37. The number of benzene rings is 2. The second-order valence-electron chi connectivity index (χ2n) is 6.04. The zero-order chi connectivity index (χ0) is 19.1. The summed E-state index contributed by atoms with van der Waals surface area (Å²) in [6, 6.07) is 16.0. The molecule has 5 heteroatoms. The molecule has 5 nitrogen and oxygen atoms in total. The van der Waals surface area contributed by atoms with Crippen LogP contribution in [0.4, 0.5) is 0 Å². The second kappa shape index (κ2) is 8.94. The number of methoxy groups -OCH3 is 2. The van der Waals surface area contributed by atoms with Crippen LogP contribution < -0.4 is 0 Å². The SMILES string of the molecule is COC(=O)c1ccc([C@H](C(=O)OC)[C@@H](CC(C)=O)c2ccccc2)cc1. The minimum absolute atomic E-state index is 0.0149. The first-order chi connectivity index (χ1) is 12.5. The number of ketones is 1. The van der Waals surface area contributed by atoms with E-state index in [0.29, 0.717) is 11.1 Å². The summed E-state index contributed by atoms with van der Waals surface area (Å²) in [6.07, 6.45) is 0.211. The molecule has 2 aromatic carbocycles. The molecule has 0 aromatic heterocycles. The Morgan fingerprint density at radius 3 is 1.96 bits per heavy atom. The molecule has 2 atom stereocenters. The fourth-order valence-corrected chi connectivity index (χ4v) is 3.04. The van der Waals surface area contributed by atoms with Gasteiger partial charge >= 0.3 is 11.9 Å². The van der Waals surface area contributed by atoms with Crippen LogP contribution in [0.25, 0.3) is 0 Å². The summed E-state index contributed by atoms with van der Waals surface area (Å²) in [5.74, 6) is -1.90. The summed E-state index contributed by atoms with van der Waals surface area (Å²) in [7, 11) is 2.64. The zero-order valence-electron chi connectivity index (χ0n) is 15.1. The maximum Gasteiger partial charge on any atom is 0.337 e. The van der Waals surface area contributed by atoms with Gasteiger partial charge in [0, 0.05) is 12.3 Å². The molecule has 0 radical (unpaired) electrons. The summed E-state index contributed by atoms with van der Waals surface area (Å²) in [5.41, 5.74) is 1.96. The van der Waals surface area contributed by atoms with E-state index in [0.717, 1.165) is 5.56 Å². The van der Waals surface area contributed by atoms with E-state index in [2.05, 4.69) is 0 Å². The molecule has 0 saturated carbocycles. The third-order valence-electron chi connectivity index (χ3n) is 4.28. The van der Waals surface area contributed by atoms with E-state index < -0.39 is 17.9 Å². The Labute approximate surface area is 152 Å². The van der Waals surface area contributed by atoms with Gasteiger partial charge in [-0.05, 0) is 30.2 Å². The van der Waals surface area contributed by atoms with Crippen molar-refractivity contribution >= 4 is 17.7 Å². The predicted molar refractivity (Wildman–Crippen MR) is 97.0 cm³/mol. The van der Waals surface area contributed by atoms with Crippen LogP contribution in [0.3, 0.4) is 0 Å². The third-order valence-corrected chi connectivity index (χ3v) is 4.28. The number of hydrogen-bond donors (Lipinski definition) is 0. The maximum atomic E-state index is 12.6. The second-order valence-corrected chi connectivity index (χ2v) is 6.04. The van der Waals surface area contributed by atoms with Crippen LogP contribution in [0.1, 0.15) is 46.7 Å². The molecule has 0 fully saturated rings. The lowest BCUT2D eigenvalue weighted by Crippen LogP contribution is -2.23. The molecule has 26 heavy (non-hydrogen) atoms. The van der Waals surface area contributed by atoms with Crippen LogP contribution in [-0.2, 0) is 19.1 Å². The molecule has 0 saturated heterocycles. The van der Waals surface area contributed by atoms with Gasteiger partial charge in [0.25, 0.3) is 0 Å². The largest absolute Gasteiger partial charge is 0.469 e. The molecule has 0 aliphatic rings. The van der Waals surface area contributed by atoms with Gasteiger partial charge in [0.05, 0.1) is 25.7 Å². The van der Waals surface area contributed by atoms with E-state index in [1.165, 1.54) is 21.1 Å². The van der Waals surface area contributed by atoms with Crippen LogP contribution in [-0.4, -0.2) is 31.9 Å². The average Bonchev–Trinajstić information content (AvgIpc) is 2.67. The van der Waals surface area contributed by atoms with Crippen LogP contribution in [0, 0.1) is 0 Å². The van der Waals surface area contributed by atoms with Crippen molar-refractivity contribution in [2.75, 3.05) is 14.2 Å². The molecule has 0 bridgehead atoms. The Kier molecular flexibility index (Phi) is 6.67. The van der Waals surface area contributed by atoms with Gasteiger partial charge in [0.2, 0.25) is 0 Å². The zero-order valence-corrected chi connectivity index (χ0v) is 15.1. The van der Waals surface area contributed by atoms with Crippen molar-refractivity contribution in [2.45, 2.75) is 25.2 Å². The number of Topliss-reactive ketones (excluding diaryl/α,β-unsaturated/α-hetero) is 1. The van der Waals surface area contributed by atoms with E-state index >= 15 is 0 Å². The lowest BCUT2D eigenvalue weighted by Gasteiger charge is -2.25. The van der Waals surface area contributed by atoms with Crippen molar-refractivity contribution in [1.82, 2.24) is 0 Å². The smallest absolute Gasteiger partial charge is 0.337 e. The van der Waals surface area contributed by atoms with Crippen molar-refractivity contribution in [3.05, 3.63) is 71.3 Å². The quantitative estimate of drug-likeness (QED) is 0.712. The minimum atomic E-state index is -0.655. The van der Waals surface area contributed by atoms with E-state index in [1.54, 1.807) is 24.3 Å². The molecule has 0 unspecified atom stereocenters. The van der Waals surface area contributed by atoms with E-state index in [1.807, 2.05) is 30.3 Å². The van der Waals surface area contributed by atoms with Crippen LogP contribution in [0.2, 0.25) is 0 Å². The standard InChI is InChI=1S/C21H22O5/c1-14(22)13-18(15-7-5-4-6-8-15)19(21(24)26-3)16-9-11-17(12-10-16)20(23)25-2/h4-12,18-19H,13H2,1-3H3/t18-,19-/m0/s1. The summed E-state index contributed by atoms with van der Waals surface area (Å²) in [4.78, 5) is 36.0. The summed E-state index contributed by atoms with van der Waals surface area (Å²) in [6.45, 7) is 1.50. The Bertz CT molecular complexity index is 765. The lowest BCUT2D eigenvalue weighted by atomic mass is 9.78. The van der Waals surface area contributed by atoms with Crippen molar-refractivity contribution in [2.24, 2.45) is 0 Å². The number of hydrogen-bond acceptors (Lipinski definition) is 5. The molecular weight excluding hydrogens is 332 g/mol. The normalized spacial score (nSPS) is 12.7. The van der Waals surface area contributed by atoms with Gasteiger partial charge in [-0.25, -0.2) is 4.79 Å². The summed E-state index contributed by atoms with van der Waals surface area (Å²) >= 11 is 0. The topological polar surface area (TPSA) is 69.7 Å². The number of rotatable bonds is 7. The molecular formula is C21H22O5. The van der Waals surface area contributed by atoms with Crippen LogP contribution >= 0.6 is 0 Å². The molecule has 0 heterocycles.